The van der Waals surface area contributed by atoms with Crippen LogP contribution in [-0.4, -0.2) is 25.5 Å². The molecule has 0 fully saturated rings. The largest absolute Gasteiger partial charge is 0.383 e. The Balaban J connectivity index is 2.41. The van der Waals surface area contributed by atoms with E-state index in [-0.39, 0.29) is 0 Å². The van der Waals surface area contributed by atoms with Crippen molar-refractivity contribution in [3.8, 4) is 0 Å². The van der Waals surface area contributed by atoms with Crippen LogP contribution in [0.15, 0.2) is 29.2 Å². The highest BCUT2D eigenvalue weighted by atomic mass is 32.2. The van der Waals surface area contributed by atoms with E-state index >= 15 is 0 Å². The molecule has 0 aliphatic carbocycles. The van der Waals surface area contributed by atoms with Gasteiger partial charge in [0.1, 0.15) is 0 Å². The van der Waals surface area contributed by atoms with Crippen LogP contribution in [0, 0.1) is 0 Å². The van der Waals surface area contributed by atoms with Gasteiger partial charge in [-0.2, -0.15) is 0 Å². The van der Waals surface area contributed by atoms with Gasteiger partial charge in [0.25, 0.3) is 0 Å². The normalized spacial score (nSPS) is 12.6. The van der Waals surface area contributed by atoms with Crippen molar-refractivity contribution in [2.75, 3.05) is 20.3 Å². The lowest BCUT2D eigenvalue weighted by molar-refractivity contribution is 0.199. The lowest BCUT2D eigenvalue weighted by Gasteiger charge is -2.11. The van der Waals surface area contributed by atoms with Crippen LogP contribution in [0.5, 0.6) is 0 Å². The maximum absolute atomic E-state index is 5.02. The highest BCUT2D eigenvalue weighted by molar-refractivity contribution is 7.99. The molecule has 1 unspecified atom stereocenters. The van der Waals surface area contributed by atoms with Gasteiger partial charge < -0.3 is 10.1 Å². The third-order valence-electron chi connectivity index (χ3n) is 2.74. The first kappa shape index (κ1) is 15.5. The fourth-order valence-corrected chi connectivity index (χ4v) is 3.03. The van der Waals surface area contributed by atoms with Crippen LogP contribution in [-0.2, 0) is 11.3 Å². The van der Waals surface area contributed by atoms with E-state index < -0.39 is 0 Å². The molecule has 0 bridgehead atoms. The Labute approximate surface area is 116 Å². The molecule has 0 saturated carbocycles. The van der Waals surface area contributed by atoms with E-state index in [1.807, 2.05) is 11.8 Å². The highest BCUT2D eigenvalue weighted by Gasteiger charge is 2.03. The molecule has 3 heteroatoms. The second kappa shape index (κ2) is 9.42. The molecule has 1 N–H and O–H groups in total. The maximum Gasteiger partial charge on any atom is 0.0587 e. The van der Waals surface area contributed by atoms with Gasteiger partial charge in [-0.15, -0.1) is 11.8 Å². The van der Waals surface area contributed by atoms with Gasteiger partial charge in [-0.1, -0.05) is 32.4 Å². The summed E-state index contributed by atoms with van der Waals surface area (Å²) in [6.45, 7) is 7.13. The quantitative estimate of drug-likeness (QED) is 0.544. The smallest absolute Gasteiger partial charge is 0.0587 e. The minimum absolute atomic E-state index is 0.701. The van der Waals surface area contributed by atoms with Crippen molar-refractivity contribution in [1.82, 2.24) is 5.32 Å². The monoisotopic (exact) mass is 267 g/mol. The molecule has 18 heavy (non-hydrogen) atoms. The molecule has 0 aliphatic rings. The molecule has 0 heterocycles. The summed E-state index contributed by atoms with van der Waals surface area (Å²) in [5.41, 5.74) is 1.35. The minimum Gasteiger partial charge on any atom is -0.383 e. The Bertz CT molecular complexity index is 330. The Morgan fingerprint density at radius 3 is 2.94 bits per heavy atom. The van der Waals surface area contributed by atoms with Gasteiger partial charge in [0, 0.05) is 30.3 Å². The third-order valence-corrected chi connectivity index (χ3v) is 3.91. The van der Waals surface area contributed by atoms with Crippen LogP contribution in [0.1, 0.15) is 32.3 Å². The Hall–Kier alpha value is -0.510. The first-order valence-electron chi connectivity index (χ1n) is 6.71. The molecular formula is C15H25NOS. The summed E-state index contributed by atoms with van der Waals surface area (Å²) >= 11 is 1.97. The summed E-state index contributed by atoms with van der Waals surface area (Å²) < 4.78 is 5.02. The first-order valence-corrected chi connectivity index (χ1v) is 7.59. The van der Waals surface area contributed by atoms with Crippen LogP contribution in [0.4, 0.5) is 0 Å². The Morgan fingerprint density at radius 2 is 2.22 bits per heavy atom. The summed E-state index contributed by atoms with van der Waals surface area (Å²) in [6, 6.07) is 8.81. The summed E-state index contributed by atoms with van der Waals surface area (Å²) in [5.74, 6) is 0. The van der Waals surface area contributed by atoms with Crippen LogP contribution in [0.3, 0.4) is 0 Å². The van der Waals surface area contributed by atoms with E-state index in [0.717, 1.165) is 19.7 Å². The van der Waals surface area contributed by atoms with E-state index in [0.29, 0.717) is 5.25 Å². The van der Waals surface area contributed by atoms with E-state index in [1.54, 1.807) is 7.11 Å². The van der Waals surface area contributed by atoms with E-state index in [9.17, 15) is 0 Å². The maximum atomic E-state index is 5.02. The zero-order valence-electron chi connectivity index (χ0n) is 11.7. The fourth-order valence-electron chi connectivity index (χ4n) is 1.83. The van der Waals surface area contributed by atoms with Gasteiger partial charge in [0.05, 0.1) is 6.61 Å². The number of benzene rings is 1. The van der Waals surface area contributed by atoms with Crippen molar-refractivity contribution in [1.29, 1.82) is 0 Å². The zero-order chi connectivity index (χ0) is 13.2. The van der Waals surface area contributed by atoms with Crippen molar-refractivity contribution < 1.29 is 4.74 Å². The molecule has 1 aromatic rings. The lowest BCUT2D eigenvalue weighted by Crippen LogP contribution is -2.18. The molecular weight excluding hydrogens is 242 g/mol. The summed E-state index contributed by atoms with van der Waals surface area (Å²) in [4.78, 5) is 1.38. The number of hydrogen-bond donors (Lipinski definition) is 1. The number of methoxy groups -OCH3 is 1. The lowest BCUT2D eigenvalue weighted by atomic mass is 10.2. The number of hydrogen-bond acceptors (Lipinski definition) is 3. The van der Waals surface area contributed by atoms with Crippen molar-refractivity contribution in [3.63, 3.8) is 0 Å². The Kier molecular flexibility index (Phi) is 8.14. The molecule has 0 radical (unpaired) electrons. The van der Waals surface area contributed by atoms with Crippen molar-refractivity contribution >= 4 is 11.8 Å². The zero-order valence-corrected chi connectivity index (χ0v) is 12.6. The van der Waals surface area contributed by atoms with Crippen LogP contribution in [0.25, 0.3) is 0 Å². The van der Waals surface area contributed by atoms with Crippen molar-refractivity contribution in [3.05, 3.63) is 29.8 Å². The second-order valence-corrected chi connectivity index (χ2v) is 6.05. The number of thioether (sulfide) groups is 1. The van der Waals surface area contributed by atoms with Gasteiger partial charge in [-0.3, -0.25) is 0 Å². The van der Waals surface area contributed by atoms with E-state index in [1.165, 1.54) is 23.3 Å². The first-order chi connectivity index (χ1) is 8.76. The van der Waals surface area contributed by atoms with Gasteiger partial charge in [0.2, 0.25) is 0 Å². The van der Waals surface area contributed by atoms with Crippen LogP contribution < -0.4 is 5.32 Å². The Morgan fingerprint density at radius 1 is 1.39 bits per heavy atom. The predicted octanol–water partition coefficient (Wildman–Crippen LogP) is 3.70. The van der Waals surface area contributed by atoms with E-state index in [2.05, 4.69) is 43.4 Å². The molecule has 0 spiro atoms. The average molecular weight is 267 g/mol. The molecule has 102 valence electrons. The van der Waals surface area contributed by atoms with Gasteiger partial charge in [-0.05, 0) is 24.1 Å². The van der Waals surface area contributed by atoms with Crippen LogP contribution >= 0.6 is 11.8 Å². The van der Waals surface area contributed by atoms with Gasteiger partial charge in [-0.25, -0.2) is 0 Å². The van der Waals surface area contributed by atoms with Crippen molar-refractivity contribution in [2.45, 2.75) is 43.4 Å². The fraction of sp³-hybridized carbons (Fsp3) is 0.600. The minimum atomic E-state index is 0.701. The third kappa shape index (κ3) is 6.43. The molecule has 0 aliphatic heterocycles. The molecule has 0 amide bonds. The molecule has 1 aromatic carbocycles. The van der Waals surface area contributed by atoms with Gasteiger partial charge in [0.15, 0.2) is 0 Å². The summed E-state index contributed by atoms with van der Waals surface area (Å²) in [5, 5.41) is 4.07. The molecule has 0 aromatic heterocycles. The number of nitrogens with one attached hydrogen (secondary N) is 1. The molecule has 1 rings (SSSR count). The van der Waals surface area contributed by atoms with E-state index in [4.69, 9.17) is 4.74 Å². The SMILES string of the molecule is CCCC(C)Sc1cccc(CNCCOC)c1. The number of rotatable bonds is 9. The molecule has 2 nitrogen and oxygen atoms in total. The van der Waals surface area contributed by atoms with Gasteiger partial charge >= 0.3 is 0 Å². The number of ether oxygens (including phenoxy) is 1. The molecule has 1 atom stereocenters. The van der Waals surface area contributed by atoms with Crippen molar-refractivity contribution in [2.24, 2.45) is 0 Å². The average Bonchev–Trinajstić information content (AvgIpc) is 2.35. The highest BCUT2D eigenvalue weighted by Crippen LogP contribution is 2.26. The second-order valence-electron chi connectivity index (χ2n) is 4.53. The topological polar surface area (TPSA) is 21.3 Å². The van der Waals surface area contributed by atoms with Crippen LogP contribution in [0.2, 0.25) is 0 Å². The predicted molar refractivity (Wildman–Crippen MR) is 80.3 cm³/mol. The summed E-state index contributed by atoms with van der Waals surface area (Å²) in [7, 11) is 1.73. The standard InChI is InChI=1S/C15H25NOS/c1-4-6-13(2)18-15-8-5-7-14(11-15)12-16-9-10-17-3/h5,7-8,11,13,16H,4,6,9-10,12H2,1-3H3. The molecule has 0 saturated heterocycles. The summed E-state index contributed by atoms with van der Waals surface area (Å²) in [6.07, 6.45) is 2.54.